The summed E-state index contributed by atoms with van der Waals surface area (Å²) in [5.41, 5.74) is 3.78. The number of carbonyl (C=O) groups is 2. The highest BCUT2D eigenvalue weighted by atomic mass is 35.5. The van der Waals surface area contributed by atoms with Crippen LogP contribution in [0.3, 0.4) is 0 Å². The highest BCUT2D eigenvalue weighted by molar-refractivity contribution is 6.31. The molecule has 6 heteroatoms. The summed E-state index contributed by atoms with van der Waals surface area (Å²) in [5.74, 6) is -0.568. The summed E-state index contributed by atoms with van der Waals surface area (Å²) in [6, 6.07) is 20.6. The van der Waals surface area contributed by atoms with Crippen molar-refractivity contribution >= 4 is 23.5 Å². The number of H-pyrrole nitrogens is 1. The lowest BCUT2D eigenvalue weighted by atomic mass is 10.0. The Bertz CT molecular complexity index is 969. The lowest BCUT2D eigenvalue weighted by Gasteiger charge is -2.19. The zero-order valence-electron chi connectivity index (χ0n) is 16.2. The number of halogens is 1. The number of aryl methyl sites for hydroxylation is 1. The van der Waals surface area contributed by atoms with E-state index in [1.807, 2.05) is 48.5 Å². The van der Waals surface area contributed by atoms with Gasteiger partial charge in [-0.05, 0) is 35.7 Å². The second kappa shape index (κ2) is 9.94. The number of nitrogens with one attached hydrogen (secondary N) is 2. The van der Waals surface area contributed by atoms with E-state index in [1.54, 1.807) is 18.2 Å². The predicted molar refractivity (Wildman–Crippen MR) is 114 cm³/mol. The van der Waals surface area contributed by atoms with Crippen molar-refractivity contribution in [1.82, 2.24) is 10.3 Å². The van der Waals surface area contributed by atoms with Crippen LogP contribution in [0.25, 0.3) is 11.3 Å². The average Bonchev–Trinajstić information content (AvgIpc) is 3.22. The summed E-state index contributed by atoms with van der Waals surface area (Å²) in [5, 5.41) is 3.41. The van der Waals surface area contributed by atoms with E-state index < -0.39 is 12.0 Å². The highest BCUT2D eigenvalue weighted by Gasteiger charge is 2.21. The van der Waals surface area contributed by atoms with Crippen LogP contribution in [0.15, 0.2) is 66.7 Å². The molecule has 0 saturated carbocycles. The van der Waals surface area contributed by atoms with Crippen LogP contribution in [-0.2, 0) is 20.7 Å². The normalized spacial score (nSPS) is 11.7. The van der Waals surface area contributed by atoms with Gasteiger partial charge in [0.15, 0.2) is 0 Å². The standard InChI is InChI=1S/C23H23ClN2O3/c1-29-23(28)15-21(18-9-5-6-10-19(18)24)26-22(27)14-12-17-11-13-20(25-17)16-7-3-2-4-8-16/h2-11,13,21,25H,12,14-15H2,1H3,(H,26,27). The summed E-state index contributed by atoms with van der Waals surface area (Å²) in [6.45, 7) is 0. The minimum absolute atomic E-state index is 0.0205. The van der Waals surface area contributed by atoms with Gasteiger partial charge >= 0.3 is 5.97 Å². The molecule has 1 aromatic heterocycles. The van der Waals surface area contributed by atoms with E-state index in [9.17, 15) is 9.59 Å². The monoisotopic (exact) mass is 410 g/mol. The second-order valence-electron chi connectivity index (χ2n) is 6.69. The molecule has 0 bridgehead atoms. The minimum Gasteiger partial charge on any atom is -0.469 e. The van der Waals surface area contributed by atoms with E-state index in [0.29, 0.717) is 17.0 Å². The van der Waals surface area contributed by atoms with Gasteiger partial charge in [-0.1, -0.05) is 60.1 Å². The van der Waals surface area contributed by atoms with Crippen LogP contribution in [0.5, 0.6) is 0 Å². The van der Waals surface area contributed by atoms with E-state index in [4.69, 9.17) is 16.3 Å². The fraction of sp³-hybridized carbons (Fsp3) is 0.217. The fourth-order valence-electron chi connectivity index (χ4n) is 3.13. The zero-order chi connectivity index (χ0) is 20.6. The molecule has 1 amide bonds. The van der Waals surface area contributed by atoms with E-state index in [-0.39, 0.29) is 18.7 Å². The number of hydrogen-bond acceptors (Lipinski definition) is 3. The van der Waals surface area contributed by atoms with Crippen molar-refractivity contribution in [3.8, 4) is 11.3 Å². The molecule has 3 aromatic rings. The lowest BCUT2D eigenvalue weighted by Crippen LogP contribution is -2.30. The summed E-state index contributed by atoms with van der Waals surface area (Å²) in [4.78, 5) is 27.7. The molecule has 29 heavy (non-hydrogen) atoms. The van der Waals surface area contributed by atoms with Crippen molar-refractivity contribution in [2.75, 3.05) is 7.11 Å². The Morgan fingerprint density at radius 1 is 1.03 bits per heavy atom. The number of methoxy groups -OCH3 is 1. The van der Waals surface area contributed by atoms with Crippen LogP contribution >= 0.6 is 11.6 Å². The topological polar surface area (TPSA) is 71.2 Å². The molecule has 2 aromatic carbocycles. The van der Waals surface area contributed by atoms with Crippen molar-refractivity contribution in [2.24, 2.45) is 0 Å². The van der Waals surface area contributed by atoms with Crippen LogP contribution in [0.1, 0.15) is 30.1 Å². The highest BCUT2D eigenvalue weighted by Crippen LogP contribution is 2.26. The minimum atomic E-state index is -0.535. The molecule has 1 unspecified atom stereocenters. The van der Waals surface area contributed by atoms with Crippen molar-refractivity contribution in [1.29, 1.82) is 0 Å². The van der Waals surface area contributed by atoms with Gasteiger partial charge < -0.3 is 15.0 Å². The fourth-order valence-corrected chi connectivity index (χ4v) is 3.40. The molecule has 1 atom stereocenters. The zero-order valence-corrected chi connectivity index (χ0v) is 16.9. The number of benzene rings is 2. The second-order valence-corrected chi connectivity index (χ2v) is 7.09. The third kappa shape index (κ3) is 5.72. The first kappa shape index (κ1) is 20.7. The summed E-state index contributed by atoms with van der Waals surface area (Å²) >= 11 is 6.25. The molecule has 0 saturated heterocycles. The van der Waals surface area contributed by atoms with Gasteiger partial charge in [0.2, 0.25) is 5.91 Å². The van der Waals surface area contributed by atoms with Crippen molar-refractivity contribution < 1.29 is 14.3 Å². The number of aromatic amines is 1. The number of amides is 1. The van der Waals surface area contributed by atoms with E-state index in [2.05, 4.69) is 10.3 Å². The van der Waals surface area contributed by atoms with E-state index >= 15 is 0 Å². The molecule has 2 N–H and O–H groups in total. The van der Waals surface area contributed by atoms with Crippen LogP contribution in [0, 0.1) is 0 Å². The van der Waals surface area contributed by atoms with Crippen molar-refractivity contribution in [3.63, 3.8) is 0 Å². The lowest BCUT2D eigenvalue weighted by molar-refractivity contribution is -0.141. The summed E-state index contributed by atoms with van der Waals surface area (Å²) in [7, 11) is 1.32. The Kier molecular flexibility index (Phi) is 7.09. The number of esters is 1. The molecular weight excluding hydrogens is 388 g/mol. The van der Waals surface area contributed by atoms with Gasteiger partial charge in [-0.2, -0.15) is 0 Å². The van der Waals surface area contributed by atoms with Crippen LogP contribution < -0.4 is 5.32 Å². The van der Waals surface area contributed by atoms with Crippen LogP contribution in [-0.4, -0.2) is 24.0 Å². The predicted octanol–water partition coefficient (Wildman–Crippen LogP) is 4.69. The maximum absolute atomic E-state index is 12.5. The number of ether oxygens (including phenoxy) is 1. The first-order valence-corrected chi connectivity index (χ1v) is 9.78. The van der Waals surface area contributed by atoms with Crippen LogP contribution in [0.4, 0.5) is 0 Å². The summed E-state index contributed by atoms with van der Waals surface area (Å²) in [6.07, 6.45) is 0.871. The van der Waals surface area contributed by atoms with E-state index in [0.717, 1.165) is 17.0 Å². The molecule has 0 aliphatic heterocycles. The van der Waals surface area contributed by atoms with Gasteiger partial charge in [0.25, 0.3) is 0 Å². The molecule has 0 aliphatic rings. The molecule has 0 aliphatic carbocycles. The van der Waals surface area contributed by atoms with Gasteiger partial charge in [-0.3, -0.25) is 9.59 Å². The van der Waals surface area contributed by atoms with Gasteiger partial charge in [0, 0.05) is 22.8 Å². The Labute approximate surface area is 175 Å². The Balaban J connectivity index is 1.62. The van der Waals surface area contributed by atoms with Gasteiger partial charge in [0.1, 0.15) is 0 Å². The molecule has 3 rings (SSSR count). The largest absolute Gasteiger partial charge is 0.469 e. The molecule has 5 nitrogen and oxygen atoms in total. The number of carbonyl (C=O) groups excluding carboxylic acids is 2. The molecule has 0 spiro atoms. The van der Waals surface area contributed by atoms with Gasteiger partial charge in [0.05, 0.1) is 19.6 Å². The quantitative estimate of drug-likeness (QED) is 0.529. The van der Waals surface area contributed by atoms with Gasteiger partial charge in [-0.15, -0.1) is 0 Å². The Morgan fingerprint density at radius 3 is 2.48 bits per heavy atom. The molecule has 1 heterocycles. The first-order chi connectivity index (χ1) is 14.1. The summed E-state index contributed by atoms with van der Waals surface area (Å²) < 4.78 is 4.76. The SMILES string of the molecule is COC(=O)CC(NC(=O)CCc1ccc(-c2ccccc2)[nH]1)c1ccccc1Cl. The Hall–Kier alpha value is -3.05. The maximum Gasteiger partial charge on any atom is 0.307 e. The molecule has 0 fully saturated rings. The molecular formula is C23H23ClN2O3. The number of rotatable bonds is 8. The smallest absolute Gasteiger partial charge is 0.307 e. The number of hydrogen-bond donors (Lipinski definition) is 2. The average molecular weight is 411 g/mol. The molecule has 150 valence electrons. The first-order valence-electron chi connectivity index (χ1n) is 9.40. The van der Waals surface area contributed by atoms with Crippen molar-refractivity contribution in [3.05, 3.63) is 83.0 Å². The third-order valence-corrected chi connectivity index (χ3v) is 5.01. The third-order valence-electron chi connectivity index (χ3n) is 4.67. The van der Waals surface area contributed by atoms with E-state index in [1.165, 1.54) is 7.11 Å². The van der Waals surface area contributed by atoms with Gasteiger partial charge in [-0.25, -0.2) is 0 Å². The maximum atomic E-state index is 12.5. The molecule has 0 radical (unpaired) electrons. The van der Waals surface area contributed by atoms with Crippen molar-refractivity contribution in [2.45, 2.75) is 25.3 Å². The van der Waals surface area contributed by atoms with Crippen LogP contribution in [0.2, 0.25) is 5.02 Å². The Morgan fingerprint density at radius 2 is 1.76 bits per heavy atom. The number of aromatic nitrogens is 1.